The highest BCUT2D eigenvalue weighted by Gasteiger charge is 2.36. The van der Waals surface area contributed by atoms with Gasteiger partial charge >= 0.3 is 0 Å². The highest BCUT2D eigenvalue weighted by molar-refractivity contribution is 5.83. The minimum atomic E-state index is -1.22. The maximum Gasteiger partial charge on any atom is 0.256 e. The molecule has 0 aliphatic carbocycles. The van der Waals surface area contributed by atoms with Crippen LogP contribution in [0.4, 0.5) is 0 Å². The molecule has 0 bridgehead atoms. The number of hydrogen-bond acceptors (Lipinski definition) is 7. The number of benzene rings is 4. The molecule has 11 nitrogen and oxygen atoms in total. The first-order valence-corrected chi connectivity index (χ1v) is 18.0. The van der Waals surface area contributed by atoms with Crippen LogP contribution in [0.15, 0.2) is 122 Å². The Hall–Kier alpha value is -6.04. The zero-order valence-electron chi connectivity index (χ0n) is 29.0. The Balaban J connectivity index is 0.914. The van der Waals surface area contributed by atoms with Crippen LogP contribution < -0.4 is 4.74 Å². The number of likely N-dealkylation sites (tertiary alicyclic amines) is 2. The normalized spacial score (nSPS) is 18.2. The summed E-state index contributed by atoms with van der Waals surface area (Å²) in [6.45, 7) is 1.13. The van der Waals surface area contributed by atoms with Gasteiger partial charge in [0, 0.05) is 18.7 Å². The van der Waals surface area contributed by atoms with Gasteiger partial charge in [-0.3, -0.25) is 9.59 Å². The van der Waals surface area contributed by atoms with E-state index in [1.54, 1.807) is 46.5 Å². The number of aliphatic hydroxyl groups is 2. The molecule has 11 heteroatoms. The van der Waals surface area contributed by atoms with Crippen molar-refractivity contribution >= 4 is 11.8 Å². The van der Waals surface area contributed by atoms with Crippen molar-refractivity contribution in [2.75, 3.05) is 13.1 Å². The Labute approximate surface area is 306 Å². The van der Waals surface area contributed by atoms with E-state index in [0.29, 0.717) is 47.4 Å². The fraction of sp³-hybridized carbons (Fsp3) is 0.238. The monoisotopic (exact) mass is 708 g/mol. The van der Waals surface area contributed by atoms with Gasteiger partial charge in [0.25, 0.3) is 11.8 Å². The molecule has 2 aliphatic rings. The van der Waals surface area contributed by atoms with Gasteiger partial charge in [0.05, 0.1) is 35.9 Å². The molecule has 0 spiro atoms. The van der Waals surface area contributed by atoms with Crippen LogP contribution in [0.3, 0.4) is 0 Å². The zero-order valence-corrected chi connectivity index (χ0v) is 29.0. The van der Waals surface area contributed by atoms with Crippen molar-refractivity contribution < 1.29 is 24.5 Å². The van der Waals surface area contributed by atoms with Gasteiger partial charge in [-0.2, -0.15) is 0 Å². The minimum Gasteiger partial charge on any atom is -0.457 e. The first kappa shape index (κ1) is 34.1. The minimum absolute atomic E-state index is 0.234. The van der Waals surface area contributed by atoms with Crippen molar-refractivity contribution in [1.29, 1.82) is 0 Å². The molecule has 2 amide bonds. The lowest BCUT2D eigenvalue weighted by atomic mass is 10.1. The summed E-state index contributed by atoms with van der Waals surface area (Å²) in [4.78, 5) is 46.0. The molecule has 8 rings (SSSR count). The summed E-state index contributed by atoms with van der Waals surface area (Å²) >= 11 is 0. The predicted molar refractivity (Wildman–Crippen MR) is 198 cm³/mol. The second-order valence-electron chi connectivity index (χ2n) is 13.5. The standard InChI is InChI=1S/C42H40N6O5/c49-37(28-10-3-1-4-11-28)41(51)47-22-8-16-35(47)39-43-25-33(45-39)27-18-20-31(21-19-27)53-32-15-7-14-30(24-32)34-26-44-40(46-34)36-17-9-23-48(36)42(52)38(50)29-12-5-2-6-13-29/h1-7,10-15,18-21,24-26,35-38,49-50H,8-9,16-17,22-23H2,(H,43,45)(H,44,46)/t35-,36-,37?,38?/m0/s1. The van der Waals surface area contributed by atoms with E-state index in [1.807, 2.05) is 84.9 Å². The second kappa shape index (κ2) is 14.9. The lowest BCUT2D eigenvalue weighted by molar-refractivity contribution is -0.142. The molecular weight excluding hydrogens is 668 g/mol. The number of nitrogens with zero attached hydrogens (tertiary/aromatic N) is 4. The quantitative estimate of drug-likeness (QED) is 0.119. The number of nitrogens with one attached hydrogen (secondary N) is 2. The van der Waals surface area contributed by atoms with Crippen molar-refractivity contribution in [2.45, 2.75) is 50.0 Å². The van der Waals surface area contributed by atoms with Gasteiger partial charge in [0.2, 0.25) is 0 Å². The van der Waals surface area contributed by atoms with Crippen molar-refractivity contribution in [3.8, 4) is 34.0 Å². The van der Waals surface area contributed by atoms with Crippen LogP contribution in [0.5, 0.6) is 11.5 Å². The van der Waals surface area contributed by atoms with Gasteiger partial charge in [-0.25, -0.2) is 9.97 Å². The molecule has 4 aromatic carbocycles. The van der Waals surface area contributed by atoms with E-state index in [-0.39, 0.29) is 23.9 Å². The molecule has 2 fully saturated rings. The van der Waals surface area contributed by atoms with Crippen molar-refractivity contribution in [2.24, 2.45) is 0 Å². The molecular formula is C42H40N6O5. The summed E-state index contributed by atoms with van der Waals surface area (Å²) < 4.78 is 6.23. The van der Waals surface area contributed by atoms with E-state index < -0.39 is 12.2 Å². The highest BCUT2D eigenvalue weighted by Crippen LogP contribution is 2.36. The van der Waals surface area contributed by atoms with Gasteiger partial charge in [-0.1, -0.05) is 72.8 Å². The first-order chi connectivity index (χ1) is 25.9. The van der Waals surface area contributed by atoms with Crippen LogP contribution in [-0.4, -0.2) is 64.9 Å². The SMILES string of the molecule is O=C(C(O)c1ccccc1)N1CCC[C@H]1c1ncc(-c2ccc(Oc3cccc(-c4cnc([C@@H]5CCCN5C(=O)C(O)c5ccccc5)[nH]4)c3)cc2)[nH]1. The number of imidazole rings is 2. The number of rotatable bonds is 10. The maximum atomic E-state index is 13.3. The van der Waals surface area contributed by atoms with E-state index in [2.05, 4.69) is 19.9 Å². The number of H-pyrrole nitrogens is 2. The number of amides is 2. The van der Waals surface area contributed by atoms with Crippen molar-refractivity contribution in [1.82, 2.24) is 29.7 Å². The first-order valence-electron chi connectivity index (χ1n) is 18.0. The van der Waals surface area contributed by atoms with E-state index in [4.69, 9.17) is 4.74 Å². The Bertz CT molecular complexity index is 2180. The summed E-state index contributed by atoms with van der Waals surface area (Å²) in [7, 11) is 0. The smallest absolute Gasteiger partial charge is 0.256 e. The second-order valence-corrected chi connectivity index (χ2v) is 13.5. The Morgan fingerprint density at radius 1 is 0.623 bits per heavy atom. The third kappa shape index (κ3) is 7.09. The van der Waals surface area contributed by atoms with Crippen molar-refractivity contribution in [3.63, 3.8) is 0 Å². The summed E-state index contributed by atoms with van der Waals surface area (Å²) in [5, 5.41) is 21.5. The van der Waals surface area contributed by atoms with Gasteiger partial charge in [-0.15, -0.1) is 0 Å². The number of ether oxygens (including phenoxy) is 1. The Morgan fingerprint density at radius 3 is 1.66 bits per heavy atom. The summed E-state index contributed by atoms with van der Waals surface area (Å²) in [5.74, 6) is 2.06. The fourth-order valence-electron chi connectivity index (χ4n) is 7.37. The third-order valence-electron chi connectivity index (χ3n) is 10.1. The summed E-state index contributed by atoms with van der Waals surface area (Å²) in [6, 6.07) is 32.9. The van der Waals surface area contributed by atoms with Crippen LogP contribution in [-0.2, 0) is 9.59 Å². The van der Waals surface area contributed by atoms with Crippen LogP contribution in [0.2, 0.25) is 0 Å². The van der Waals surface area contributed by atoms with Crippen molar-refractivity contribution in [3.05, 3.63) is 144 Å². The van der Waals surface area contributed by atoms with Gasteiger partial charge in [0.1, 0.15) is 23.1 Å². The topological polar surface area (TPSA) is 148 Å². The Kier molecular flexibility index (Phi) is 9.58. The molecule has 2 aliphatic heterocycles. The number of hydrogen-bond donors (Lipinski definition) is 4. The average Bonchev–Trinajstić information content (AvgIpc) is 4.05. The van der Waals surface area contributed by atoms with Crippen LogP contribution >= 0.6 is 0 Å². The van der Waals surface area contributed by atoms with Crippen LogP contribution in [0, 0.1) is 0 Å². The van der Waals surface area contributed by atoms with E-state index in [0.717, 1.165) is 48.2 Å². The molecule has 4 heterocycles. The van der Waals surface area contributed by atoms with Gasteiger partial charge in [0.15, 0.2) is 12.2 Å². The molecule has 4 N–H and O–H groups in total. The molecule has 53 heavy (non-hydrogen) atoms. The maximum absolute atomic E-state index is 13.3. The van der Waals surface area contributed by atoms with Gasteiger partial charge < -0.3 is 34.7 Å². The van der Waals surface area contributed by atoms with E-state index in [9.17, 15) is 19.8 Å². The van der Waals surface area contributed by atoms with Gasteiger partial charge in [-0.05, 0) is 78.8 Å². The number of aliphatic hydroxyl groups excluding tert-OH is 2. The number of carbonyl (C=O) groups excluding carboxylic acids is 2. The molecule has 6 aromatic rings. The van der Waals surface area contributed by atoms with E-state index >= 15 is 0 Å². The lowest BCUT2D eigenvalue weighted by Crippen LogP contribution is -2.35. The molecule has 2 saturated heterocycles. The van der Waals surface area contributed by atoms with Crippen LogP contribution in [0.25, 0.3) is 22.5 Å². The number of aromatic nitrogens is 4. The molecule has 4 atom stereocenters. The Morgan fingerprint density at radius 2 is 1.13 bits per heavy atom. The molecule has 0 saturated carbocycles. The largest absolute Gasteiger partial charge is 0.457 e. The summed E-state index contributed by atoms with van der Waals surface area (Å²) in [5.41, 5.74) is 4.59. The highest BCUT2D eigenvalue weighted by atomic mass is 16.5. The average molecular weight is 709 g/mol. The fourth-order valence-corrected chi connectivity index (χ4v) is 7.37. The lowest BCUT2D eigenvalue weighted by Gasteiger charge is -2.25. The van der Waals surface area contributed by atoms with E-state index in [1.165, 1.54) is 0 Å². The zero-order chi connectivity index (χ0) is 36.3. The predicted octanol–water partition coefficient (Wildman–Crippen LogP) is 7.05. The van der Waals surface area contributed by atoms with Crippen LogP contribution in [0.1, 0.15) is 72.8 Å². The molecule has 0 radical (unpaired) electrons. The third-order valence-corrected chi connectivity index (χ3v) is 10.1. The molecule has 2 unspecified atom stereocenters. The molecule has 2 aromatic heterocycles. The number of aromatic amines is 2. The number of carbonyl (C=O) groups is 2. The molecule has 268 valence electrons. The summed E-state index contributed by atoms with van der Waals surface area (Å²) in [6.07, 6.45) is 4.31.